The van der Waals surface area contributed by atoms with Gasteiger partial charge in [0.2, 0.25) is 5.91 Å². The topological polar surface area (TPSA) is 307 Å². The Balaban J connectivity index is 1.32. The smallest absolute Gasteiger partial charge is 0.220 e. The quantitative estimate of drug-likeness (QED) is 0.0199. The fraction of sp³-hybridized carbons (Fsp3) is 0.944. The number of carbonyl (C=O) groups excluding carboxylic acids is 1. The maximum Gasteiger partial charge on any atom is 0.220 e. The summed E-state index contributed by atoms with van der Waals surface area (Å²) in [6.45, 7) is 1.81. The lowest BCUT2D eigenvalue weighted by molar-refractivity contribution is -0.379. The molecule has 0 radical (unpaired) electrons. The van der Waals surface area contributed by atoms with E-state index in [1.54, 1.807) is 6.08 Å². The average molecular weight is 1540 g/mol. The molecule has 17 unspecified atom stereocenters. The molecular weight excluding hydrogens is 1370 g/mol. The van der Waals surface area contributed by atoms with E-state index in [0.29, 0.717) is 6.42 Å². The first kappa shape index (κ1) is 100. The van der Waals surface area contributed by atoms with Crippen LogP contribution >= 0.6 is 0 Å². The van der Waals surface area contributed by atoms with Crippen LogP contribution in [0.25, 0.3) is 0 Å². The molecule has 0 saturated carbocycles. The lowest BCUT2D eigenvalue weighted by Crippen LogP contribution is -2.66. The predicted molar refractivity (Wildman–Crippen MR) is 434 cm³/mol. The zero-order valence-electron chi connectivity index (χ0n) is 68.9. The van der Waals surface area contributed by atoms with Gasteiger partial charge in [0.1, 0.15) is 73.2 Å². The van der Waals surface area contributed by atoms with Crippen LogP contribution in [-0.4, -0.2) is 193 Å². The molecule has 3 aliphatic rings. The number of allylic oxidation sites excluding steroid dienone is 3. The Morgan fingerprint density at radius 3 is 0.898 bits per heavy atom. The van der Waals surface area contributed by atoms with E-state index >= 15 is 0 Å². The second kappa shape index (κ2) is 69.6. The minimum Gasteiger partial charge on any atom is -0.394 e. The van der Waals surface area contributed by atoms with Crippen molar-refractivity contribution in [2.24, 2.45) is 0 Å². The molecule has 0 aromatic carbocycles. The number of hydrogen-bond donors (Lipinski definition) is 12. The average Bonchev–Trinajstić information content (AvgIpc) is 0.774. The molecule has 3 saturated heterocycles. The van der Waals surface area contributed by atoms with Gasteiger partial charge in [-0.15, -0.1) is 0 Å². The summed E-state index contributed by atoms with van der Waals surface area (Å²) >= 11 is 0. The second-order valence-corrected chi connectivity index (χ2v) is 32.8. The molecule has 12 N–H and O–H groups in total. The lowest BCUT2D eigenvalue weighted by Gasteiger charge is -2.48. The molecule has 0 bridgehead atoms. The normalized spacial score (nSPS) is 25.4. The first-order valence-corrected chi connectivity index (χ1v) is 45.6. The van der Waals surface area contributed by atoms with Gasteiger partial charge in [0.05, 0.1) is 38.6 Å². The molecule has 19 heteroatoms. The number of nitrogens with one attached hydrogen (secondary N) is 1. The van der Waals surface area contributed by atoms with Crippen molar-refractivity contribution in [3.8, 4) is 0 Å². The number of hydrogen-bond acceptors (Lipinski definition) is 18. The van der Waals surface area contributed by atoms with E-state index in [4.69, 9.17) is 28.4 Å². The molecule has 0 aromatic heterocycles. The molecule has 0 aliphatic carbocycles. The highest BCUT2D eigenvalue weighted by atomic mass is 16.8. The van der Waals surface area contributed by atoms with Gasteiger partial charge in [-0.2, -0.15) is 0 Å². The number of aliphatic hydroxyl groups excluding tert-OH is 11. The van der Waals surface area contributed by atoms with Gasteiger partial charge in [0, 0.05) is 6.42 Å². The van der Waals surface area contributed by atoms with Crippen LogP contribution in [0.3, 0.4) is 0 Å². The van der Waals surface area contributed by atoms with Crippen molar-refractivity contribution in [2.45, 2.75) is 510 Å². The number of carbonyl (C=O) groups is 1. The molecular formula is C89H169NO18. The molecule has 3 fully saturated rings. The van der Waals surface area contributed by atoms with Crippen molar-refractivity contribution in [1.29, 1.82) is 0 Å². The Kier molecular flexibility index (Phi) is 64.7. The van der Waals surface area contributed by atoms with E-state index < -0.39 is 124 Å². The molecule has 3 heterocycles. The Morgan fingerprint density at radius 1 is 0.324 bits per heavy atom. The number of ether oxygens (including phenoxy) is 6. The number of aliphatic hydroxyl groups is 11. The summed E-state index contributed by atoms with van der Waals surface area (Å²) in [6.07, 6.45) is 60.5. The summed E-state index contributed by atoms with van der Waals surface area (Å²) in [4.78, 5) is 13.5. The molecule has 0 aromatic rings. The van der Waals surface area contributed by atoms with Gasteiger partial charge in [-0.1, -0.05) is 378 Å². The third-order valence-electron chi connectivity index (χ3n) is 23.0. The zero-order valence-corrected chi connectivity index (χ0v) is 68.9. The summed E-state index contributed by atoms with van der Waals surface area (Å²) in [6, 6.07) is -0.972. The molecule has 108 heavy (non-hydrogen) atoms. The van der Waals surface area contributed by atoms with Gasteiger partial charge in [0.25, 0.3) is 0 Å². The number of unbranched alkanes of at least 4 members (excludes halogenated alkanes) is 57. The number of rotatable bonds is 75. The summed E-state index contributed by atoms with van der Waals surface area (Å²) in [5.41, 5.74) is 0. The fourth-order valence-corrected chi connectivity index (χ4v) is 15.7. The molecule has 19 nitrogen and oxygen atoms in total. The van der Waals surface area contributed by atoms with Gasteiger partial charge < -0.3 is 89.9 Å². The van der Waals surface area contributed by atoms with Crippen molar-refractivity contribution in [3.63, 3.8) is 0 Å². The van der Waals surface area contributed by atoms with E-state index in [1.165, 1.54) is 334 Å². The van der Waals surface area contributed by atoms with Crippen LogP contribution in [-0.2, 0) is 33.2 Å². The highest BCUT2D eigenvalue weighted by molar-refractivity contribution is 5.76. The maximum atomic E-state index is 13.5. The molecule has 17 atom stereocenters. The first-order valence-electron chi connectivity index (χ1n) is 45.6. The second-order valence-electron chi connectivity index (χ2n) is 32.8. The molecule has 638 valence electrons. The van der Waals surface area contributed by atoms with E-state index in [1.807, 2.05) is 6.08 Å². The maximum absolute atomic E-state index is 13.5. The van der Waals surface area contributed by atoms with Crippen molar-refractivity contribution >= 4 is 5.91 Å². The Bertz CT molecular complexity index is 2040. The molecule has 3 aliphatic heterocycles. The van der Waals surface area contributed by atoms with Gasteiger partial charge in [-0.05, 0) is 44.9 Å². The lowest BCUT2D eigenvalue weighted by atomic mass is 9.96. The van der Waals surface area contributed by atoms with E-state index in [2.05, 4.69) is 31.3 Å². The molecule has 0 spiro atoms. The van der Waals surface area contributed by atoms with Crippen molar-refractivity contribution < 1.29 is 89.4 Å². The van der Waals surface area contributed by atoms with Crippen LogP contribution in [0.5, 0.6) is 0 Å². The molecule has 1 amide bonds. The van der Waals surface area contributed by atoms with Crippen LogP contribution in [0.2, 0.25) is 0 Å². The third kappa shape index (κ3) is 48.0. The Morgan fingerprint density at radius 2 is 0.583 bits per heavy atom. The predicted octanol–water partition coefficient (Wildman–Crippen LogP) is 17.2. The van der Waals surface area contributed by atoms with Crippen molar-refractivity contribution in [2.75, 3.05) is 26.4 Å². The van der Waals surface area contributed by atoms with Crippen LogP contribution in [0.1, 0.15) is 406 Å². The summed E-state index contributed by atoms with van der Waals surface area (Å²) in [7, 11) is 0. The fourth-order valence-electron chi connectivity index (χ4n) is 15.7. The Labute approximate surface area is 658 Å². The summed E-state index contributed by atoms with van der Waals surface area (Å²) in [5.74, 6) is -0.266. The summed E-state index contributed by atoms with van der Waals surface area (Å²) < 4.78 is 34.5. The van der Waals surface area contributed by atoms with Crippen LogP contribution in [0, 0.1) is 0 Å². The number of amides is 1. The summed E-state index contributed by atoms with van der Waals surface area (Å²) in [5, 5.41) is 121. The minimum absolute atomic E-state index is 0.249. The third-order valence-corrected chi connectivity index (χ3v) is 23.0. The monoisotopic (exact) mass is 1540 g/mol. The van der Waals surface area contributed by atoms with Crippen LogP contribution in [0.4, 0.5) is 0 Å². The van der Waals surface area contributed by atoms with Gasteiger partial charge in [0.15, 0.2) is 18.9 Å². The Hall–Kier alpha value is -1.73. The zero-order chi connectivity index (χ0) is 78.1. The first-order chi connectivity index (χ1) is 52.8. The standard InChI is InChI=1S/C89H169NO18/c1-3-5-7-9-11-13-15-17-19-21-23-25-27-29-31-33-34-35-36-37-38-39-41-43-45-47-49-51-53-55-57-59-61-63-65-67-77(95)90-72(73(94)66-64-62-60-58-56-54-52-50-48-46-44-42-40-32-30-28-26-24-22-20-18-16-14-12-10-8-6-4-2)71-103-87-83(101)80(98)85(75(69-92)105-87)108-89-84(102)81(99)86(76(70-93)106-89)107-88-82(100)79(97)78(96)74(68-91)104-88/h21,23,64,66,72-76,78-89,91-94,96-102H,3-20,22,24-63,65,67-71H2,1-2H3,(H,90,95)/b23-21-,66-64+. The SMILES string of the molecule is CCCCCCCCCC/C=C\CCCCCCCCCCCCCCCCCCCCCCCCCC(=O)NC(COC1OC(CO)C(OC2OC(CO)C(OC3OC(CO)C(O)C(O)C3O)C(O)C2O)C(O)C1O)C(O)/C=C/CCCCCCCCCCCCCCCCCCCCCCCCCCCC. The van der Waals surface area contributed by atoms with Crippen molar-refractivity contribution in [1.82, 2.24) is 5.32 Å². The molecule has 3 rings (SSSR count). The van der Waals surface area contributed by atoms with Gasteiger partial charge in [-0.25, -0.2) is 0 Å². The highest BCUT2D eigenvalue weighted by Crippen LogP contribution is 2.34. The van der Waals surface area contributed by atoms with E-state index in [9.17, 15) is 61.0 Å². The largest absolute Gasteiger partial charge is 0.394 e. The minimum atomic E-state index is -1.98. The van der Waals surface area contributed by atoms with E-state index in [-0.39, 0.29) is 18.9 Å². The van der Waals surface area contributed by atoms with E-state index in [0.717, 1.165) is 44.9 Å². The van der Waals surface area contributed by atoms with Crippen molar-refractivity contribution in [3.05, 3.63) is 24.3 Å². The highest BCUT2D eigenvalue weighted by Gasteiger charge is 2.54. The van der Waals surface area contributed by atoms with Crippen LogP contribution in [0.15, 0.2) is 24.3 Å². The van der Waals surface area contributed by atoms with Crippen LogP contribution < -0.4 is 5.32 Å². The van der Waals surface area contributed by atoms with Gasteiger partial charge >= 0.3 is 0 Å². The van der Waals surface area contributed by atoms with Gasteiger partial charge in [-0.3, -0.25) is 4.79 Å².